The number of benzene rings is 1. The Morgan fingerprint density at radius 2 is 2.17 bits per heavy atom. The van der Waals surface area contributed by atoms with Gasteiger partial charge in [-0.3, -0.25) is 9.59 Å². The zero-order chi connectivity index (χ0) is 17.5. The van der Waals surface area contributed by atoms with Crippen LogP contribution in [0.4, 0.5) is 5.69 Å². The van der Waals surface area contributed by atoms with Crippen LogP contribution in [0.15, 0.2) is 24.3 Å². The van der Waals surface area contributed by atoms with Crippen molar-refractivity contribution >= 4 is 17.5 Å². The summed E-state index contributed by atoms with van der Waals surface area (Å²) in [6, 6.07) is 8.06. The molecule has 1 saturated heterocycles. The average molecular weight is 331 g/mol. The molecule has 3 atom stereocenters. The van der Waals surface area contributed by atoms with Gasteiger partial charge in [0.2, 0.25) is 11.8 Å². The van der Waals surface area contributed by atoms with E-state index in [1.165, 1.54) is 0 Å². The van der Waals surface area contributed by atoms with Gasteiger partial charge in [-0.25, -0.2) is 0 Å². The molecule has 1 heterocycles. The molecule has 3 N–H and O–H groups in total. The Kier molecular flexibility index (Phi) is 6.79. The minimum atomic E-state index is -0.00439. The van der Waals surface area contributed by atoms with Crippen molar-refractivity contribution in [3.63, 3.8) is 0 Å². The first kappa shape index (κ1) is 18.5. The maximum absolute atomic E-state index is 12.3. The highest BCUT2D eigenvalue weighted by Gasteiger charge is 2.24. The summed E-state index contributed by atoms with van der Waals surface area (Å²) in [5.41, 5.74) is 1.77. The molecule has 1 fully saturated rings. The Labute approximate surface area is 144 Å². The molecular weight excluding hydrogens is 302 g/mol. The zero-order valence-corrected chi connectivity index (χ0v) is 14.9. The fourth-order valence-corrected chi connectivity index (χ4v) is 2.91. The molecule has 0 radical (unpaired) electrons. The third-order valence-electron chi connectivity index (χ3n) is 4.72. The highest BCUT2D eigenvalue weighted by Crippen LogP contribution is 2.17. The lowest BCUT2D eigenvalue weighted by Crippen LogP contribution is -2.42. The second-order valence-corrected chi connectivity index (χ2v) is 6.79. The Morgan fingerprint density at radius 1 is 1.38 bits per heavy atom. The van der Waals surface area contributed by atoms with Gasteiger partial charge in [0.05, 0.1) is 0 Å². The van der Waals surface area contributed by atoms with Gasteiger partial charge in [0.15, 0.2) is 0 Å². The third-order valence-corrected chi connectivity index (χ3v) is 4.72. The summed E-state index contributed by atoms with van der Waals surface area (Å²) in [6.07, 6.45) is 2.59. The lowest BCUT2D eigenvalue weighted by atomic mass is 9.92. The van der Waals surface area contributed by atoms with Crippen molar-refractivity contribution in [2.45, 2.75) is 52.6 Å². The van der Waals surface area contributed by atoms with Crippen LogP contribution in [0, 0.1) is 11.8 Å². The predicted molar refractivity (Wildman–Crippen MR) is 96.6 cm³/mol. The number of nitrogens with one attached hydrogen (secondary N) is 3. The molecule has 2 rings (SSSR count). The maximum atomic E-state index is 12.3. The van der Waals surface area contributed by atoms with Gasteiger partial charge in [-0.1, -0.05) is 26.0 Å². The van der Waals surface area contributed by atoms with Crippen LogP contribution in [0.1, 0.15) is 45.6 Å². The molecule has 5 nitrogen and oxygen atoms in total. The molecule has 1 unspecified atom stereocenters. The Hall–Kier alpha value is -1.88. The second-order valence-electron chi connectivity index (χ2n) is 6.79. The summed E-state index contributed by atoms with van der Waals surface area (Å²) >= 11 is 0. The van der Waals surface area contributed by atoms with Gasteiger partial charge in [-0.2, -0.15) is 0 Å². The van der Waals surface area contributed by atoms with E-state index in [1.54, 1.807) is 0 Å². The number of anilines is 1. The SMILES string of the molecule is CCC(C)C(=O)Nc1cccc(CNC(=O)[C@H]2CCN[C@@H](C)C2)c1. The molecule has 1 aromatic carbocycles. The van der Waals surface area contributed by atoms with E-state index in [-0.39, 0.29) is 23.7 Å². The van der Waals surface area contributed by atoms with Crippen LogP contribution < -0.4 is 16.0 Å². The normalized spacial score (nSPS) is 21.8. The molecule has 1 aromatic rings. The lowest BCUT2D eigenvalue weighted by Gasteiger charge is -2.27. The molecule has 1 aliphatic heterocycles. The molecule has 5 heteroatoms. The van der Waals surface area contributed by atoms with Crippen LogP contribution >= 0.6 is 0 Å². The molecule has 0 saturated carbocycles. The van der Waals surface area contributed by atoms with E-state index in [4.69, 9.17) is 0 Å². The fraction of sp³-hybridized carbons (Fsp3) is 0.579. The van der Waals surface area contributed by atoms with Gasteiger partial charge >= 0.3 is 0 Å². The van der Waals surface area contributed by atoms with Crippen molar-refractivity contribution in [3.05, 3.63) is 29.8 Å². The van der Waals surface area contributed by atoms with Gasteiger partial charge in [-0.05, 0) is 50.4 Å². The summed E-state index contributed by atoms with van der Waals surface area (Å²) < 4.78 is 0. The van der Waals surface area contributed by atoms with Crippen molar-refractivity contribution in [1.82, 2.24) is 10.6 Å². The maximum Gasteiger partial charge on any atom is 0.227 e. The first-order valence-corrected chi connectivity index (χ1v) is 8.90. The monoisotopic (exact) mass is 331 g/mol. The number of piperidine rings is 1. The topological polar surface area (TPSA) is 70.2 Å². The molecule has 0 aromatic heterocycles. The van der Waals surface area contributed by atoms with Crippen molar-refractivity contribution in [2.75, 3.05) is 11.9 Å². The molecular formula is C19H29N3O2. The number of hydrogen-bond acceptors (Lipinski definition) is 3. The van der Waals surface area contributed by atoms with E-state index in [0.717, 1.165) is 37.1 Å². The Morgan fingerprint density at radius 3 is 2.88 bits per heavy atom. The molecule has 0 aliphatic carbocycles. The lowest BCUT2D eigenvalue weighted by molar-refractivity contribution is -0.126. The van der Waals surface area contributed by atoms with Crippen LogP contribution in [-0.4, -0.2) is 24.4 Å². The van der Waals surface area contributed by atoms with Crippen LogP contribution in [0.2, 0.25) is 0 Å². The summed E-state index contributed by atoms with van der Waals surface area (Å²) in [4.78, 5) is 24.3. The van der Waals surface area contributed by atoms with Crippen molar-refractivity contribution in [3.8, 4) is 0 Å². The summed E-state index contributed by atoms with van der Waals surface area (Å²) in [5, 5.41) is 9.31. The van der Waals surface area contributed by atoms with E-state index < -0.39 is 0 Å². The first-order chi connectivity index (χ1) is 11.5. The fourth-order valence-electron chi connectivity index (χ4n) is 2.91. The quantitative estimate of drug-likeness (QED) is 0.750. The standard InChI is InChI=1S/C19H29N3O2/c1-4-13(2)18(23)22-17-7-5-6-15(11-17)12-21-19(24)16-8-9-20-14(3)10-16/h5-7,11,13-14,16,20H,4,8-10,12H2,1-3H3,(H,21,24)(H,22,23)/t13?,14-,16-/m0/s1. The van der Waals surface area contributed by atoms with Crippen LogP contribution in [0.25, 0.3) is 0 Å². The molecule has 132 valence electrons. The van der Waals surface area contributed by atoms with Gasteiger partial charge in [-0.15, -0.1) is 0 Å². The van der Waals surface area contributed by atoms with Gasteiger partial charge in [0, 0.05) is 30.1 Å². The smallest absolute Gasteiger partial charge is 0.227 e. The molecule has 0 spiro atoms. The number of hydrogen-bond donors (Lipinski definition) is 3. The third kappa shape index (κ3) is 5.34. The van der Waals surface area contributed by atoms with E-state index in [0.29, 0.717) is 12.6 Å². The van der Waals surface area contributed by atoms with Crippen LogP contribution in [0.3, 0.4) is 0 Å². The Bertz CT molecular complexity index is 573. The number of carbonyl (C=O) groups is 2. The zero-order valence-electron chi connectivity index (χ0n) is 14.9. The average Bonchev–Trinajstić information content (AvgIpc) is 2.59. The highest BCUT2D eigenvalue weighted by atomic mass is 16.2. The van der Waals surface area contributed by atoms with E-state index in [1.807, 2.05) is 38.1 Å². The molecule has 2 amide bonds. The Balaban J connectivity index is 1.87. The number of carbonyl (C=O) groups excluding carboxylic acids is 2. The second kappa shape index (κ2) is 8.83. The molecule has 0 bridgehead atoms. The minimum Gasteiger partial charge on any atom is -0.352 e. The van der Waals surface area contributed by atoms with Gasteiger partial charge < -0.3 is 16.0 Å². The van der Waals surface area contributed by atoms with E-state index in [2.05, 4.69) is 22.9 Å². The first-order valence-electron chi connectivity index (χ1n) is 8.90. The van der Waals surface area contributed by atoms with Gasteiger partial charge in [0.25, 0.3) is 0 Å². The van der Waals surface area contributed by atoms with Crippen molar-refractivity contribution < 1.29 is 9.59 Å². The van der Waals surface area contributed by atoms with Crippen molar-refractivity contribution in [1.29, 1.82) is 0 Å². The molecule has 24 heavy (non-hydrogen) atoms. The largest absolute Gasteiger partial charge is 0.352 e. The van der Waals surface area contributed by atoms with E-state index in [9.17, 15) is 9.59 Å². The van der Waals surface area contributed by atoms with E-state index >= 15 is 0 Å². The molecule has 1 aliphatic rings. The van der Waals surface area contributed by atoms with Crippen molar-refractivity contribution in [2.24, 2.45) is 11.8 Å². The highest BCUT2D eigenvalue weighted by molar-refractivity contribution is 5.92. The predicted octanol–water partition coefficient (Wildman–Crippen LogP) is 2.68. The van der Waals surface area contributed by atoms with Crippen LogP contribution in [0.5, 0.6) is 0 Å². The van der Waals surface area contributed by atoms with Gasteiger partial charge in [0.1, 0.15) is 0 Å². The minimum absolute atomic E-state index is 0.00439. The van der Waals surface area contributed by atoms with Crippen LogP contribution in [-0.2, 0) is 16.1 Å². The summed E-state index contributed by atoms with van der Waals surface area (Å²) in [6.45, 7) is 7.42. The summed E-state index contributed by atoms with van der Waals surface area (Å²) in [5.74, 6) is 0.240. The summed E-state index contributed by atoms with van der Waals surface area (Å²) in [7, 11) is 0. The number of rotatable bonds is 6. The number of amides is 2.